The summed E-state index contributed by atoms with van der Waals surface area (Å²) >= 11 is 6.00. The van der Waals surface area contributed by atoms with Crippen molar-refractivity contribution in [2.75, 3.05) is 7.11 Å². The molecule has 1 unspecified atom stereocenters. The maximum absolute atomic E-state index is 11.7. The van der Waals surface area contributed by atoms with Crippen molar-refractivity contribution in [2.24, 2.45) is 0 Å². The van der Waals surface area contributed by atoms with Gasteiger partial charge in [-0.15, -0.1) is 0 Å². The standard InChI is InChI=1S/C15H12ClNO4/c1-7-9(14(18)20-2)6-11-13(17-7)10-5-8(16)3-4-12(10)21-15(11)19/h3-6,15,19H,1-2H3. The third-order valence-corrected chi connectivity index (χ3v) is 3.58. The van der Waals surface area contributed by atoms with Gasteiger partial charge >= 0.3 is 5.97 Å². The lowest BCUT2D eigenvalue weighted by molar-refractivity contribution is -0.0217. The number of hydrogen-bond donors (Lipinski definition) is 1. The number of benzene rings is 1. The van der Waals surface area contributed by atoms with Crippen molar-refractivity contribution in [1.82, 2.24) is 4.98 Å². The summed E-state index contributed by atoms with van der Waals surface area (Å²) in [6.07, 6.45) is -1.19. The second-order valence-corrected chi connectivity index (χ2v) is 5.10. The highest BCUT2D eigenvalue weighted by atomic mass is 35.5. The minimum Gasteiger partial charge on any atom is -0.465 e. The van der Waals surface area contributed by atoms with Crippen molar-refractivity contribution in [3.05, 3.63) is 46.1 Å². The second kappa shape index (κ2) is 5.02. The molecule has 1 atom stereocenters. The molecule has 5 nitrogen and oxygen atoms in total. The molecule has 0 radical (unpaired) electrons. The first-order valence-electron chi connectivity index (χ1n) is 6.25. The van der Waals surface area contributed by atoms with E-state index < -0.39 is 12.3 Å². The summed E-state index contributed by atoms with van der Waals surface area (Å²) in [5.74, 6) is -0.0102. The molecule has 6 heteroatoms. The number of hydrogen-bond acceptors (Lipinski definition) is 5. The number of halogens is 1. The Balaban J connectivity index is 2.24. The average Bonchev–Trinajstić information content (AvgIpc) is 2.47. The number of nitrogens with zero attached hydrogens (tertiary/aromatic N) is 1. The molecule has 2 aromatic rings. The second-order valence-electron chi connectivity index (χ2n) is 4.66. The highest BCUT2D eigenvalue weighted by Gasteiger charge is 2.28. The summed E-state index contributed by atoms with van der Waals surface area (Å²) in [6, 6.07) is 6.60. The smallest absolute Gasteiger partial charge is 0.339 e. The Bertz CT molecular complexity index is 745. The van der Waals surface area contributed by atoms with Crippen LogP contribution in [0.1, 0.15) is 27.9 Å². The summed E-state index contributed by atoms with van der Waals surface area (Å²) in [4.78, 5) is 16.1. The van der Waals surface area contributed by atoms with Gasteiger partial charge in [-0.2, -0.15) is 0 Å². The largest absolute Gasteiger partial charge is 0.465 e. The van der Waals surface area contributed by atoms with Crippen LogP contribution in [0.5, 0.6) is 5.75 Å². The van der Waals surface area contributed by atoms with E-state index in [4.69, 9.17) is 21.1 Å². The van der Waals surface area contributed by atoms with Gasteiger partial charge in [-0.3, -0.25) is 4.98 Å². The van der Waals surface area contributed by atoms with Crippen LogP contribution in [0.25, 0.3) is 11.3 Å². The van der Waals surface area contributed by atoms with Gasteiger partial charge in [-0.25, -0.2) is 4.79 Å². The number of carbonyl (C=O) groups is 1. The predicted molar refractivity (Wildman–Crippen MR) is 76.3 cm³/mol. The zero-order chi connectivity index (χ0) is 15.1. The van der Waals surface area contributed by atoms with Crippen LogP contribution in [0.15, 0.2) is 24.3 Å². The lowest BCUT2D eigenvalue weighted by Gasteiger charge is -2.25. The van der Waals surface area contributed by atoms with Crippen LogP contribution in [-0.4, -0.2) is 23.2 Å². The molecular weight excluding hydrogens is 294 g/mol. The van der Waals surface area contributed by atoms with Crippen molar-refractivity contribution in [2.45, 2.75) is 13.2 Å². The SMILES string of the molecule is COC(=O)c1cc2c(nc1C)-c1cc(Cl)ccc1OC2O. The molecule has 0 saturated heterocycles. The number of carbonyl (C=O) groups excluding carboxylic acids is 1. The number of ether oxygens (including phenoxy) is 2. The van der Waals surface area contributed by atoms with Gasteiger partial charge in [0.25, 0.3) is 0 Å². The van der Waals surface area contributed by atoms with Gasteiger partial charge < -0.3 is 14.6 Å². The molecule has 1 aromatic carbocycles. The molecule has 0 amide bonds. The van der Waals surface area contributed by atoms with Gasteiger partial charge in [-0.05, 0) is 31.2 Å². The maximum Gasteiger partial charge on any atom is 0.339 e. The first kappa shape index (κ1) is 13.9. The number of aryl methyl sites for hydroxylation is 1. The Morgan fingerprint density at radius 2 is 2.19 bits per heavy atom. The van der Waals surface area contributed by atoms with E-state index in [9.17, 15) is 9.90 Å². The van der Waals surface area contributed by atoms with Crippen LogP contribution < -0.4 is 4.74 Å². The molecule has 1 N–H and O–H groups in total. The highest BCUT2D eigenvalue weighted by molar-refractivity contribution is 6.31. The van der Waals surface area contributed by atoms with Crippen LogP contribution in [0.2, 0.25) is 5.02 Å². The number of pyridine rings is 1. The number of esters is 1. The molecule has 1 aliphatic heterocycles. The van der Waals surface area contributed by atoms with Gasteiger partial charge in [-0.1, -0.05) is 11.6 Å². The lowest BCUT2D eigenvalue weighted by Crippen LogP contribution is -2.17. The third kappa shape index (κ3) is 2.24. The van der Waals surface area contributed by atoms with E-state index in [1.165, 1.54) is 13.2 Å². The van der Waals surface area contributed by atoms with Gasteiger partial charge in [0.2, 0.25) is 6.29 Å². The van der Waals surface area contributed by atoms with Gasteiger partial charge in [0, 0.05) is 16.1 Å². The summed E-state index contributed by atoms with van der Waals surface area (Å²) in [6.45, 7) is 1.71. The predicted octanol–water partition coefficient (Wildman–Crippen LogP) is 2.88. The summed E-state index contributed by atoms with van der Waals surface area (Å²) in [7, 11) is 1.29. The Hall–Kier alpha value is -2.11. The van der Waals surface area contributed by atoms with Crippen LogP contribution in [0.4, 0.5) is 0 Å². The van der Waals surface area contributed by atoms with Gasteiger partial charge in [0.05, 0.1) is 24.1 Å². The van der Waals surface area contributed by atoms with E-state index in [-0.39, 0.29) is 0 Å². The zero-order valence-electron chi connectivity index (χ0n) is 11.4. The summed E-state index contributed by atoms with van der Waals surface area (Å²) in [5, 5.41) is 10.6. The molecule has 1 aromatic heterocycles. The van der Waals surface area contributed by atoms with Crippen molar-refractivity contribution in [3.63, 3.8) is 0 Å². The number of rotatable bonds is 1. The van der Waals surface area contributed by atoms with E-state index in [1.807, 2.05) is 0 Å². The summed E-state index contributed by atoms with van der Waals surface area (Å²) in [5.41, 5.74) is 2.46. The Kier molecular flexibility index (Phi) is 3.31. The molecular formula is C15H12ClNO4. The maximum atomic E-state index is 11.7. The zero-order valence-corrected chi connectivity index (χ0v) is 12.1. The minimum atomic E-state index is -1.19. The van der Waals surface area contributed by atoms with Gasteiger partial charge in [0.1, 0.15) is 5.75 Å². The van der Waals surface area contributed by atoms with Crippen molar-refractivity contribution in [3.8, 4) is 17.0 Å². The van der Waals surface area contributed by atoms with Crippen molar-refractivity contribution in [1.29, 1.82) is 0 Å². The fourth-order valence-corrected chi connectivity index (χ4v) is 2.49. The van der Waals surface area contributed by atoms with E-state index in [1.54, 1.807) is 25.1 Å². The molecule has 0 saturated carbocycles. The molecule has 2 heterocycles. The van der Waals surface area contributed by atoms with Gasteiger partial charge in [0.15, 0.2) is 0 Å². The lowest BCUT2D eigenvalue weighted by atomic mass is 9.99. The Morgan fingerprint density at radius 1 is 1.43 bits per heavy atom. The van der Waals surface area contributed by atoms with E-state index >= 15 is 0 Å². The highest BCUT2D eigenvalue weighted by Crippen LogP contribution is 2.42. The van der Waals surface area contributed by atoms with E-state index in [0.29, 0.717) is 38.9 Å². The monoisotopic (exact) mass is 305 g/mol. The molecule has 0 fully saturated rings. The van der Waals surface area contributed by atoms with Crippen LogP contribution >= 0.6 is 11.6 Å². The van der Waals surface area contributed by atoms with E-state index in [0.717, 1.165) is 0 Å². The number of aliphatic hydroxyl groups excluding tert-OH is 1. The average molecular weight is 306 g/mol. The molecule has 21 heavy (non-hydrogen) atoms. The molecule has 108 valence electrons. The fraction of sp³-hybridized carbons (Fsp3) is 0.200. The Morgan fingerprint density at radius 3 is 2.90 bits per heavy atom. The van der Waals surface area contributed by atoms with E-state index in [2.05, 4.69) is 4.98 Å². The third-order valence-electron chi connectivity index (χ3n) is 3.35. The number of fused-ring (bicyclic) bond motifs is 3. The normalized spacial score (nSPS) is 15.7. The van der Waals surface area contributed by atoms with Crippen LogP contribution in [0.3, 0.4) is 0 Å². The first-order valence-corrected chi connectivity index (χ1v) is 6.63. The molecule has 1 aliphatic rings. The molecule has 0 aliphatic carbocycles. The Labute approximate surface area is 126 Å². The quantitative estimate of drug-likeness (QED) is 0.820. The molecule has 3 rings (SSSR count). The van der Waals surface area contributed by atoms with Crippen molar-refractivity contribution >= 4 is 17.6 Å². The number of aliphatic hydroxyl groups is 1. The number of methoxy groups -OCH3 is 1. The first-order chi connectivity index (χ1) is 10.0. The number of aromatic nitrogens is 1. The molecule has 0 spiro atoms. The van der Waals surface area contributed by atoms with Crippen LogP contribution in [-0.2, 0) is 4.74 Å². The van der Waals surface area contributed by atoms with Crippen molar-refractivity contribution < 1.29 is 19.4 Å². The molecule has 0 bridgehead atoms. The summed E-state index contributed by atoms with van der Waals surface area (Å²) < 4.78 is 10.1. The van der Waals surface area contributed by atoms with Crippen LogP contribution in [0, 0.1) is 6.92 Å². The minimum absolute atomic E-state index is 0.296. The fourth-order valence-electron chi connectivity index (χ4n) is 2.32. The topological polar surface area (TPSA) is 68.7 Å².